The number of nitrogens with zero attached hydrogens (tertiary/aromatic N) is 5. The molecule has 0 saturated carbocycles. The summed E-state index contributed by atoms with van der Waals surface area (Å²) in [6.07, 6.45) is 6.20. The van der Waals surface area contributed by atoms with Gasteiger partial charge in [0.15, 0.2) is 0 Å². The molecule has 4 rings (SSSR count). The summed E-state index contributed by atoms with van der Waals surface area (Å²) in [5.41, 5.74) is 0.677. The van der Waals surface area contributed by atoms with E-state index >= 15 is 0 Å². The van der Waals surface area contributed by atoms with Crippen LogP contribution in [0.4, 0.5) is 26.4 Å². The molecule has 0 fully saturated rings. The van der Waals surface area contributed by atoms with Gasteiger partial charge in [-0.1, -0.05) is 0 Å². The van der Waals surface area contributed by atoms with Gasteiger partial charge in [-0.05, 0) is 13.0 Å². The zero-order valence-corrected chi connectivity index (χ0v) is 14.5. The van der Waals surface area contributed by atoms with Crippen LogP contribution >= 0.6 is 0 Å². The molecule has 1 atom stereocenters. The molecule has 8 nitrogen and oxygen atoms in total. The van der Waals surface area contributed by atoms with E-state index in [2.05, 4.69) is 35.6 Å². The number of hydrogen-bond donors (Lipinski definition) is 3. The highest BCUT2D eigenvalue weighted by atomic mass is 19.1. The molecule has 0 spiro atoms. The molecule has 27 heavy (non-hydrogen) atoms. The number of aryl methyl sites for hydroxylation is 1. The van der Waals surface area contributed by atoms with Gasteiger partial charge < -0.3 is 20.2 Å². The first-order chi connectivity index (χ1) is 13.0. The molecular formula is C17H16F2N8. The maximum atomic E-state index is 14.0. The molecule has 10 heteroatoms. The van der Waals surface area contributed by atoms with Gasteiger partial charge in [-0.3, -0.25) is 4.98 Å². The molecule has 3 N–H and O–H groups in total. The lowest BCUT2D eigenvalue weighted by molar-refractivity contribution is 0.550. The van der Waals surface area contributed by atoms with Gasteiger partial charge in [-0.15, -0.1) is 0 Å². The number of imidazole rings is 1. The van der Waals surface area contributed by atoms with Crippen molar-refractivity contribution in [3.8, 4) is 0 Å². The average Bonchev–Trinajstić information content (AvgIpc) is 3.23. The van der Waals surface area contributed by atoms with Gasteiger partial charge in [-0.25, -0.2) is 13.8 Å². The number of rotatable bonds is 5. The van der Waals surface area contributed by atoms with Crippen LogP contribution in [0.3, 0.4) is 0 Å². The third kappa shape index (κ3) is 3.41. The summed E-state index contributed by atoms with van der Waals surface area (Å²) in [6, 6.07) is 2.07. The van der Waals surface area contributed by atoms with Crippen LogP contribution in [-0.2, 0) is 7.05 Å². The molecule has 1 unspecified atom stereocenters. The van der Waals surface area contributed by atoms with Crippen molar-refractivity contribution in [2.24, 2.45) is 7.05 Å². The van der Waals surface area contributed by atoms with Crippen LogP contribution in [0.2, 0.25) is 0 Å². The molecule has 4 aromatic rings. The zero-order chi connectivity index (χ0) is 19.0. The molecule has 0 amide bonds. The highest BCUT2D eigenvalue weighted by Crippen LogP contribution is 2.26. The summed E-state index contributed by atoms with van der Waals surface area (Å²) < 4.78 is 28.8. The first kappa shape index (κ1) is 16.9. The van der Waals surface area contributed by atoms with Gasteiger partial charge in [0, 0.05) is 25.5 Å². The summed E-state index contributed by atoms with van der Waals surface area (Å²) >= 11 is 0. The van der Waals surface area contributed by atoms with Crippen LogP contribution in [-0.4, -0.2) is 29.5 Å². The fraction of sp³-hybridized carbons (Fsp3) is 0.176. The van der Waals surface area contributed by atoms with Crippen molar-refractivity contribution in [1.29, 1.82) is 0 Å². The van der Waals surface area contributed by atoms with E-state index in [0.29, 0.717) is 17.3 Å². The quantitative estimate of drug-likeness (QED) is 0.499. The van der Waals surface area contributed by atoms with E-state index in [1.165, 1.54) is 0 Å². The normalized spacial score (nSPS) is 12.3. The standard InChI is InChI=1S/C17H16F2N8/c1-9(14-12(19)5-10(18)6-21-14)23-17-25-15-11(3-4-20-15)16(26-17)24-13-7-27(2)8-22-13/h3-9H,1-2H3,(H3,20,23,24,25,26). The summed E-state index contributed by atoms with van der Waals surface area (Å²) in [5.74, 6) is -0.0234. The number of hydrogen-bond acceptors (Lipinski definition) is 6. The maximum Gasteiger partial charge on any atom is 0.227 e. The third-order valence-electron chi connectivity index (χ3n) is 3.96. The number of anilines is 3. The molecule has 0 radical (unpaired) electrons. The SMILES string of the molecule is CC(Nc1nc(Nc2cn(C)cn2)c2cc[nH]c2n1)c1ncc(F)cc1F. The average molecular weight is 370 g/mol. The summed E-state index contributed by atoms with van der Waals surface area (Å²) in [5, 5.41) is 6.93. The lowest BCUT2D eigenvalue weighted by Crippen LogP contribution is -2.13. The lowest BCUT2D eigenvalue weighted by Gasteiger charge is -2.15. The van der Waals surface area contributed by atoms with E-state index in [1.54, 1.807) is 19.4 Å². The Bertz CT molecular complexity index is 1100. The van der Waals surface area contributed by atoms with E-state index in [4.69, 9.17) is 0 Å². The van der Waals surface area contributed by atoms with Crippen LogP contribution in [0.25, 0.3) is 11.0 Å². The Hall–Kier alpha value is -3.56. The van der Waals surface area contributed by atoms with Crippen molar-refractivity contribution in [3.63, 3.8) is 0 Å². The van der Waals surface area contributed by atoms with E-state index in [9.17, 15) is 8.78 Å². The summed E-state index contributed by atoms with van der Waals surface area (Å²) in [7, 11) is 1.86. The number of fused-ring (bicyclic) bond motifs is 1. The molecule has 0 aliphatic rings. The Morgan fingerprint density at radius 3 is 2.81 bits per heavy atom. The Morgan fingerprint density at radius 2 is 2.07 bits per heavy atom. The van der Waals surface area contributed by atoms with Crippen molar-refractivity contribution in [1.82, 2.24) is 29.5 Å². The fourth-order valence-electron chi connectivity index (χ4n) is 2.71. The Kier molecular flexibility index (Phi) is 4.15. The van der Waals surface area contributed by atoms with Crippen molar-refractivity contribution >= 4 is 28.6 Å². The van der Waals surface area contributed by atoms with Crippen molar-refractivity contribution in [2.45, 2.75) is 13.0 Å². The Labute approximate surface area is 152 Å². The molecule has 0 bridgehead atoms. The predicted octanol–water partition coefficient (Wildman–Crippen LogP) is 3.28. The minimum absolute atomic E-state index is 0.0748. The van der Waals surface area contributed by atoms with Crippen LogP contribution in [0.1, 0.15) is 18.7 Å². The van der Waals surface area contributed by atoms with Gasteiger partial charge in [-0.2, -0.15) is 9.97 Å². The van der Waals surface area contributed by atoms with Crippen LogP contribution in [0, 0.1) is 11.6 Å². The van der Waals surface area contributed by atoms with Crippen LogP contribution in [0.5, 0.6) is 0 Å². The van der Waals surface area contributed by atoms with E-state index < -0.39 is 17.7 Å². The highest BCUT2D eigenvalue weighted by molar-refractivity contribution is 5.89. The van der Waals surface area contributed by atoms with Gasteiger partial charge in [0.05, 0.1) is 29.6 Å². The van der Waals surface area contributed by atoms with Gasteiger partial charge >= 0.3 is 0 Å². The predicted molar refractivity (Wildman–Crippen MR) is 96.6 cm³/mol. The topological polar surface area (TPSA) is 96.3 Å². The van der Waals surface area contributed by atoms with Crippen LogP contribution in [0.15, 0.2) is 37.1 Å². The second-order valence-electron chi connectivity index (χ2n) is 6.07. The minimum Gasteiger partial charge on any atom is -0.346 e. The number of aromatic nitrogens is 6. The van der Waals surface area contributed by atoms with E-state index in [0.717, 1.165) is 17.6 Å². The minimum atomic E-state index is -0.734. The molecule has 4 aromatic heterocycles. The first-order valence-electron chi connectivity index (χ1n) is 8.17. The number of H-pyrrole nitrogens is 1. The van der Waals surface area contributed by atoms with Gasteiger partial charge in [0.25, 0.3) is 0 Å². The smallest absolute Gasteiger partial charge is 0.227 e. The second kappa shape index (κ2) is 6.63. The van der Waals surface area contributed by atoms with Gasteiger partial charge in [0.1, 0.15) is 28.9 Å². The Morgan fingerprint density at radius 1 is 1.22 bits per heavy atom. The molecule has 0 aliphatic heterocycles. The van der Waals surface area contributed by atoms with Crippen molar-refractivity contribution in [3.05, 3.63) is 54.4 Å². The summed E-state index contributed by atoms with van der Waals surface area (Å²) in [6.45, 7) is 1.69. The monoisotopic (exact) mass is 370 g/mol. The number of nitrogens with one attached hydrogen (secondary N) is 3. The molecule has 0 aliphatic carbocycles. The lowest BCUT2D eigenvalue weighted by atomic mass is 10.2. The van der Waals surface area contributed by atoms with E-state index in [-0.39, 0.29) is 11.6 Å². The third-order valence-corrected chi connectivity index (χ3v) is 3.96. The molecule has 138 valence electrons. The zero-order valence-electron chi connectivity index (χ0n) is 14.5. The largest absolute Gasteiger partial charge is 0.346 e. The molecule has 0 saturated heterocycles. The second-order valence-corrected chi connectivity index (χ2v) is 6.07. The van der Waals surface area contributed by atoms with Crippen molar-refractivity contribution in [2.75, 3.05) is 10.6 Å². The Balaban J connectivity index is 1.65. The van der Waals surface area contributed by atoms with Crippen LogP contribution < -0.4 is 10.6 Å². The highest BCUT2D eigenvalue weighted by Gasteiger charge is 2.16. The summed E-state index contributed by atoms with van der Waals surface area (Å²) in [4.78, 5) is 19.9. The molecule has 0 aromatic carbocycles. The number of aromatic amines is 1. The van der Waals surface area contributed by atoms with E-state index in [1.807, 2.05) is 23.9 Å². The van der Waals surface area contributed by atoms with Gasteiger partial charge in [0.2, 0.25) is 5.95 Å². The fourth-order valence-corrected chi connectivity index (χ4v) is 2.71. The van der Waals surface area contributed by atoms with Crippen molar-refractivity contribution < 1.29 is 8.78 Å². The maximum absolute atomic E-state index is 14.0. The number of halogens is 2. The number of pyridine rings is 1. The molecular weight excluding hydrogens is 354 g/mol. The first-order valence-corrected chi connectivity index (χ1v) is 8.17. The molecule has 4 heterocycles.